The van der Waals surface area contributed by atoms with Crippen LogP contribution >= 0.6 is 11.8 Å². The number of benzene rings is 4. The van der Waals surface area contributed by atoms with E-state index >= 15 is 0 Å². The zero-order valence-electron chi connectivity index (χ0n) is 28.2. The molecule has 8 heteroatoms. The van der Waals surface area contributed by atoms with Gasteiger partial charge in [0.15, 0.2) is 0 Å². The van der Waals surface area contributed by atoms with Gasteiger partial charge in [0, 0.05) is 63.1 Å². The van der Waals surface area contributed by atoms with Crippen LogP contribution in [0.15, 0.2) is 137 Å². The van der Waals surface area contributed by atoms with Gasteiger partial charge in [-0.05, 0) is 67.4 Å². The summed E-state index contributed by atoms with van der Waals surface area (Å²) in [6.45, 7) is 4.49. The van der Waals surface area contributed by atoms with Crippen LogP contribution in [-0.2, 0) is 24.4 Å². The van der Waals surface area contributed by atoms with Crippen molar-refractivity contribution in [3.05, 3.63) is 144 Å². The summed E-state index contributed by atoms with van der Waals surface area (Å²) < 4.78 is 13.8. The summed E-state index contributed by atoms with van der Waals surface area (Å²) in [6, 6.07) is 40.8. The third-order valence-electron chi connectivity index (χ3n) is 8.86. The number of para-hydroxylation sites is 1. The number of fused-ring (bicyclic) bond motifs is 2. The van der Waals surface area contributed by atoms with E-state index in [1.807, 2.05) is 66.7 Å². The highest BCUT2D eigenvalue weighted by molar-refractivity contribution is 7.99. The Morgan fingerprint density at radius 3 is 2.36 bits per heavy atom. The first-order chi connectivity index (χ1) is 24.3. The smallest absolute Gasteiger partial charge is 0.309 e. The Kier molecular flexibility index (Phi) is 9.28. The van der Waals surface area contributed by atoms with Gasteiger partial charge in [-0.1, -0.05) is 78.5 Å². The zero-order valence-corrected chi connectivity index (χ0v) is 29.0. The van der Waals surface area contributed by atoms with Crippen molar-refractivity contribution in [3.8, 4) is 22.8 Å². The number of rotatable bonds is 12. The molecule has 0 radical (unpaired) electrons. The molecule has 1 N–H and O–H groups in total. The predicted molar refractivity (Wildman–Crippen MR) is 199 cm³/mol. The van der Waals surface area contributed by atoms with Crippen LogP contribution in [0.25, 0.3) is 32.9 Å². The first kappa shape index (κ1) is 32.9. The van der Waals surface area contributed by atoms with Gasteiger partial charge in [0.1, 0.15) is 12.4 Å². The maximum Gasteiger partial charge on any atom is 0.309 e. The van der Waals surface area contributed by atoms with E-state index < -0.39 is 11.4 Å². The molecule has 3 aromatic heterocycles. The third-order valence-corrected chi connectivity index (χ3v) is 10.0. The number of carboxylic acid groups (broad SMARTS) is 1. The summed E-state index contributed by atoms with van der Waals surface area (Å²) >= 11 is 1.65. The minimum absolute atomic E-state index is 0.326. The Balaban J connectivity index is 1.28. The molecule has 7 rings (SSSR count). The molecule has 0 fully saturated rings. The van der Waals surface area contributed by atoms with Gasteiger partial charge in [-0.15, -0.1) is 0 Å². The van der Waals surface area contributed by atoms with Crippen molar-refractivity contribution in [2.45, 2.75) is 43.2 Å². The molecule has 50 heavy (non-hydrogen) atoms. The van der Waals surface area contributed by atoms with Crippen molar-refractivity contribution in [2.24, 2.45) is 5.41 Å². The fourth-order valence-electron chi connectivity index (χ4n) is 6.02. The molecule has 0 saturated carbocycles. The Labute approximate surface area is 295 Å². The average molecular weight is 680 g/mol. The van der Waals surface area contributed by atoms with Crippen molar-refractivity contribution < 1.29 is 19.4 Å². The molecule has 250 valence electrons. The monoisotopic (exact) mass is 679 g/mol. The van der Waals surface area contributed by atoms with Crippen molar-refractivity contribution in [1.82, 2.24) is 14.5 Å². The van der Waals surface area contributed by atoms with E-state index in [1.165, 1.54) is 0 Å². The topological polar surface area (TPSA) is 86.5 Å². The van der Waals surface area contributed by atoms with Crippen molar-refractivity contribution in [2.75, 3.05) is 7.11 Å². The van der Waals surface area contributed by atoms with Gasteiger partial charge >= 0.3 is 5.97 Å². The zero-order chi connectivity index (χ0) is 34.7. The highest BCUT2D eigenvalue weighted by Gasteiger charge is 2.32. The summed E-state index contributed by atoms with van der Waals surface area (Å²) in [4.78, 5) is 23.7. The van der Waals surface area contributed by atoms with Crippen LogP contribution in [0.4, 0.5) is 0 Å². The van der Waals surface area contributed by atoms with Gasteiger partial charge in [0.25, 0.3) is 0 Å². The highest BCUT2D eigenvalue weighted by atomic mass is 32.2. The molecule has 0 amide bonds. The highest BCUT2D eigenvalue weighted by Crippen LogP contribution is 2.43. The molecule has 0 saturated heterocycles. The molecule has 3 heterocycles. The molecule has 0 aliphatic rings. The van der Waals surface area contributed by atoms with Gasteiger partial charge in [-0.3, -0.25) is 4.79 Å². The molecule has 0 aliphatic carbocycles. The number of hydrogen-bond acceptors (Lipinski definition) is 6. The minimum Gasteiger partial charge on any atom is -0.487 e. The molecule has 7 aromatic rings. The van der Waals surface area contributed by atoms with Crippen molar-refractivity contribution in [1.29, 1.82) is 0 Å². The standard InChI is InChI=1S/C42H37N3O4S/c1-42(2,41(46)47)24-38-40(50-34-19-14-29(15-20-34)31-16-22-39(48-3)43-25-31)35-21-18-33(23-37(35)45(38)26-28-9-5-4-6-10-28)49-27-32-17-13-30-11-7-8-12-36(30)44-32/h4-23,25H,24,26-27H2,1-3H3,(H,46,47). The van der Waals surface area contributed by atoms with Crippen LogP contribution in [-0.4, -0.2) is 32.7 Å². The fourth-order valence-corrected chi connectivity index (χ4v) is 7.11. The van der Waals surface area contributed by atoms with E-state index in [0.717, 1.165) is 65.4 Å². The second-order valence-corrected chi connectivity index (χ2v) is 14.0. The van der Waals surface area contributed by atoms with Crippen LogP contribution in [0.3, 0.4) is 0 Å². The summed E-state index contributed by atoms with van der Waals surface area (Å²) in [5.41, 5.74) is 5.90. The second-order valence-electron chi connectivity index (χ2n) is 12.9. The number of nitrogens with zero attached hydrogens (tertiary/aromatic N) is 3. The van der Waals surface area contributed by atoms with Gasteiger partial charge < -0.3 is 19.1 Å². The summed E-state index contributed by atoms with van der Waals surface area (Å²) in [5, 5.41) is 12.4. The molecule has 0 atom stereocenters. The maximum absolute atomic E-state index is 12.5. The van der Waals surface area contributed by atoms with Gasteiger partial charge in [-0.25, -0.2) is 9.97 Å². The first-order valence-electron chi connectivity index (χ1n) is 16.5. The van der Waals surface area contributed by atoms with Crippen LogP contribution in [0, 0.1) is 5.41 Å². The summed E-state index contributed by atoms with van der Waals surface area (Å²) in [6.07, 6.45) is 2.15. The Morgan fingerprint density at radius 1 is 0.860 bits per heavy atom. The number of methoxy groups -OCH3 is 1. The van der Waals surface area contributed by atoms with Crippen LogP contribution in [0.2, 0.25) is 0 Å². The molecule has 4 aromatic carbocycles. The number of carbonyl (C=O) groups is 1. The lowest BCUT2D eigenvalue weighted by molar-refractivity contribution is -0.146. The lowest BCUT2D eigenvalue weighted by atomic mass is 9.88. The Bertz CT molecular complexity index is 2280. The lowest BCUT2D eigenvalue weighted by Crippen LogP contribution is -2.27. The maximum atomic E-state index is 12.5. The van der Waals surface area contributed by atoms with E-state index in [0.29, 0.717) is 25.5 Å². The van der Waals surface area contributed by atoms with Crippen molar-refractivity contribution >= 4 is 39.5 Å². The van der Waals surface area contributed by atoms with Gasteiger partial charge in [-0.2, -0.15) is 0 Å². The number of ether oxygens (including phenoxy) is 2. The predicted octanol–water partition coefficient (Wildman–Crippen LogP) is 9.69. The van der Waals surface area contributed by atoms with E-state index in [1.54, 1.807) is 38.9 Å². The molecular weight excluding hydrogens is 643 g/mol. The molecule has 0 bridgehead atoms. The number of aromatic nitrogens is 3. The van der Waals surface area contributed by atoms with E-state index in [4.69, 9.17) is 14.5 Å². The van der Waals surface area contributed by atoms with Gasteiger partial charge in [0.2, 0.25) is 5.88 Å². The SMILES string of the molecule is COc1ccc(-c2ccc(Sc3c(CC(C)(C)C(=O)O)n(Cc4ccccc4)c4cc(OCc5ccc6ccccc6n5)ccc34)cc2)cn1. The number of aliphatic carboxylic acids is 1. The molecule has 0 spiro atoms. The number of pyridine rings is 2. The van der Waals surface area contributed by atoms with E-state index in [-0.39, 0.29) is 0 Å². The van der Waals surface area contributed by atoms with Crippen LogP contribution in [0.1, 0.15) is 30.8 Å². The van der Waals surface area contributed by atoms with Crippen molar-refractivity contribution in [3.63, 3.8) is 0 Å². The second kappa shape index (κ2) is 14.1. The molecule has 0 unspecified atom stereocenters. The van der Waals surface area contributed by atoms with E-state index in [9.17, 15) is 9.90 Å². The summed E-state index contributed by atoms with van der Waals surface area (Å²) in [7, 11) is 1.61. The summed E-state index contributed by atoms with van der Waals surface area (Å²) in [5.74, 6) is 0.454. The normalized spacial score (nSPS) is 11.6. The number of carboxylic acids is 1. The average Bonchev–Trinajstić information content (AvgIpc) is 3.41. The Morgan fingerprint density at radius 2 is 1.62 bits per heavy atom. The molecule has 7 nitrogen and oxygen atoms in total. The lowest BCUT2D eigenvalue weighted by Gasteiger charge is -2.22. The van der Waals surface area contributed by atoms with Crippen LogP contribution in [0.5, 0.6) is 11.6 Å². The molecule has 0 aliphatic heterocycles. The quantitative estimate of drug-likeness (QED) is 0.138. The fraction of sp³-hybridized carbons (Fsp3) is 0.167. The van der Waals surface area contributed by atoms with Crippen LogP contribution < -0.4 is 9.47 Å². The minimum atomic E-state index is -0.996. The van der Waals surface area contributed by atoms with Gasteiger partial charge in [0.05, 0.1) is 29.3 Å². The third kappa shape index (κ3) is 7.07. The Hall–Kier alpha value is -5.60. The largest absolute Gasteiger partial charge is 0.487 e. The number of hydrogen-bond donors (Lipinski definition) is 1. The first-order valence-corrected chi connectivity index (χ1v) is 17.3. The molecular formula is C42H37N3O4S. The van der Waals surface area contributed by atoms with E-state index in [2.05, 4.69) is 64.1 Å².